The maximum absolute atomic E-state index is 9.98. The summed E-state index contributed by atoms with van der Waals surface area (Å²) < 4.78 is 5.34. The van der Waals surface area contributed by atoms with Crippen LogP contribution in [-0.4, -0.2) is 66.3 Å². The summed E-state index contributed by atoms with van der Waals surface area (Å²) in [6.45, 7) is 0.247. The van der Waals surface area contributed by atoms with Gasteiger partial charge in [0.25, 0.3) is 0 Å². The highest BCUT2D eigenvalue weighted by Gasteiger charge is 2.56. The summed E-state index contributed by atoms with van der Waals surface area (Å²) in [4.78, 5) is 1.43. The fourth-order valence-corrected chi connectivity index (χ4v) is 2.37. The van der Waals surface area contributed by atoms with Gasteiger partial charge in [-0.3, -0.25) is 5.41 Å². The van der Waals surface area contributed by atoms with Crippen LogP contribution in [0.4, 0.5) is 0 Å². The van der Waals surface area contributed by atoms with Crippen molar-refractivity contribution in [2.45, 2.75) is 17.6 Å². The van der Waals surface area contributed by atoms with Crippen molar-refractivity contribution in [1.29, 1.82) is 5.41 Å². The highest BCUT2D eigenvalue weighted by atomic mass is 16.5. The minimum absolute atomic E-state index is 0.0650. The van der Waals surface area contributed by atoms with Crippen LogP contribution in [0.2, 0.25) is 0 Å². The summed E-state index contributed by atoms with van der Waals surface area (Å²) in [5, 5.41) is 26.4. The third-order valence-electron chi connectivity index (χ3n) is 3.29. The van der Waals surface area contributed by atoms with Gasteiger partial charge in [-0.15, -0.1) is 0 Å². The van der Waals surface area contributed by atoms with Crippen LogP contribution in [0.3, 0.4) is 0 Å². The number of hydrogen-bond donors (Lipinski definition) is 4. The number of ether oxygens (including phenoxy) is 1. The van der Waals surface area contributed by atoms with Crippen LogP contribution in [0.5, 0.6) is 0 Å². The lowest BCUT2D eigenvalue weighted by atomic mass is 9.70. The van der Waals surface area contributed by atoms with Crippen LogP contribution in [0.1, 0.15) is 0 Å². The van der Waals surface area contributed by atoms with E-state index in [0.29, 0.717) is 6.54 Å². The molecule has 0 amide bonds. The molecule has 6 nitrogen and oxygen atoms in total. The smallest absolute Gasteiger partial charge is 0.188 e. The molecule has 0 aromatic rings. The van der Waals surface area contributed by atoms with Gasteiger partial charge < -0.3 is 25.6 Å². The minimum atomic E-state index is -1.12. The van der Waals surface area contributed by atoms with Crippen LogP contribution in [0.25, 0.3) is 0 Å². The lowest BCUT2D eigenvalue weighted by molar-refractivity contribution is -0.110. The predicted molar refractivity (Wildman–Crippen MR) is 53.4 cm³/mol. The molecular formula is C8H14BN3O3. The number of nitrogens with one attached hydrogen (secondary N) is 1. The lowest BCUT2D eigenvalue weighted by Gasteiger charge is -2.42. The van der Waals surface area contributed by atoms with Gasteiger partial charge in [0.15, 0.2) is 5.96 Å². The van der Waals surface area contributed by atoms with Crippen LogP contribution >= 0.6 is 0 Å². The molecule has 0 saturated carbocycles. The SMILES string of the molecule is [B]C12COC(CO)[C@H](CN1C(=N)N)C2O. The maximum Gasteiger partial charge on any atom is 0.188 e. The first-order valence-electron chi connectivity index (χ1n) is 4.81. The number of aliphatic hydroxyl groups is 2. The van der Waals surface area contributed by atoms with Crippen molar-refractivity contribution >= 4 is 13.8 Å². The quantitative estimate of drug-likeness (QED) is 0.217. The number of nitrogens with zero attached hydrogens (tertiary/aromatic N) is 1. The van der Waals surface area contributed by atoms with Crippen LogP contribution in [0.15, 0.2) is 0 Å². The molecule has 2 rings (SSSR count). The molecule has 82 valence electrons. The van der Waals surface area contributed by atoms with E-state index in [9.17, 15) is 5.11 Å². The Balaban J connectivity index is 2.27. The zero-order valence-electron chi connectivity index (χ0n) is 8.26. The van der Waals surface area contributed by atoms with E-state index < -0.39 is 17.6 Å². The Labute approximate surface area is 88.9 Å². The highest BCUT2D eigenvalue weighted by molar-refractivity contribution is 6.17. The first kappa shape index (κ1) is 10.7. The van der Waals surface area contributed by atoms with Crippen LogP contribution in [-0.2, 0) is 4.74 Å². The molecule has 0 aliphatic carbocycles. The van der Waals surface area contributed by atoms with Crippen molar-refractivity contribution in [1.82, 2.24) is 4.90 Å². The monoisotopic (exact) mass is 211 g/mol. The summed E-state index contributed by atoms with van der Waals surface area (Å²) in [5.41, 5.74) is 4.27. The van der Waals surface area contributed by atoms with Gasteiger partial charge in [-0.05, 0) is 0 Å². The Hall–Kier alpha value is -0.785. The van der Waals surface area contributed by atoms with E-state index in [1.807, 2.05) is 0 Å². The molecule has 2 radical (unpaired) electrons. The Bertz CT molecular complexity index is 290. The van der Waals surface area contributed by atoms with Gasteiger partial charge in [0.05, 0.1) is 30.9 Å². The third-order valence-corrected chi connectivity index (χ3v) is 3.29. The van der Waals surface area contributed by atoms with Crippen LogP contribution in [0, 0.1) is 11.3 Å². The van der Waals surface area contributed by atoms with Gasteiger partial charge in [-0.25, -0.2) is 0 Å². The molecule has 4 atom stereocenters. The lowest BCUT2D eigenvalue weighted by Crippen LogP contribution is -2.61. The summed E-state index contributed by atoms with van der Waals surface area (Å²) in [6, 6.07) is 0. The molecular weight excluding hydrogens is 197 g/mol. The van der Waals surface area contributed by atoms with Crippen molar-refractivity contribution in [3.8, 4) is 0 Å². The summed E-state index contributed by atoms with van der Waals surface area (Å²) in [6.07, 6.45) is -1.26. The van der Waals surface area contributed by atoms with Crippen molar-refractivity contribution in [2.75, 3.05) is 19.8 Å². The van der Waals surface area contributed by atoms with Crippen molar-refractivity contribution in [3.05, 3.63) is 0 Å². The summed E-state index contributed by atoms with van der Waals surface area (Å²) >= 11 is 0. The normalized spacial score (nSPS) is 44.4. The van der Waals surface area contributed by atoms with E-state index >= 15 is 0 Å². The van der Waals surface area contributed by atoms with Crippen molar-refractivity contribution in [3.63, 3.8) is 0 Å². The summed E-state index contributed by atoms with van der Waals surface area (Å²) in [5.74, 6) is -0.473. The number of hydrogen-bond acceptors (Lipinski definition) is 4. The van der Waals surface area contributed by atoms with Crippen molar-refractivity contribution in [2.24, 2.45) is 11.7 Å². The second-order valence-corrected chi connectivity index (χ2v) is 4.13. The molecule has 15 heavy (non-hydrogen) atoms. The molecule has 2 aliphatic heterocycles. The van der Waals surface area contributed by atoms with Gasteiger partial charge in [-0.1, -0.05) is 0 Å². The van der Waals surface area contributed by atoms with Gasteiger partial charge in [0.2, 0.25) is 0 Å². The molecule has 2 bridgehead atoms. The van der Waals surface area contributed by atoms with E-state index in [2.05, 4.69) is 0 Å². The van der Waals surface area contributed by atoms with Gasteiger partial charge in [-0.2, -0.15) is 0 Å². The first-order chi connectivity index (χ1) is 7.00. The van der Waals surface area contributed by atoms with Gasteiger partial charge >= 0.3 is 0 Å². The van der Waals surface area contributed by atoms with E-state index in [1.54, 1.807) is 0 Å². The minimum Gasteiger partial charge on any atom is -0.394 e. The fourth-order valence-electron chi connectivity index (χ4n) is 2.37. The molecule has 2 heterocycles. The second-order valence-electron chi connectivity index (χ2n) is 4.13. The van der Waals surface area contributed by atoms with E-state index in [0.717, 1.165) is 0 Å². The largest absolute Gasteiger partial charge is 0.394 e. The molecule has 5 N–H and O–H groups in total. The fraction of sp³-hybridized carbons (Fsp3) is 0.875. The highest BCUT2D eigenvalue weighted by Crippen LogP contribution is 2.38. The number of nitrogens with two attached hydrogens (primary N) is 1. The zero-order chi connectivity index (χ0) is 11.2. The number of aliphatic hydroxyl groups excluding tert-OH is 2. The van der Waals surface area contributed by atoms with Gasteiger partial charge in [0.1, 0.15) is 7.85 Å². The molecule has 0 aromatic carbocycles. The molecule has 2 fully saturated rings. The molecule has 2 saturated heterocycles. The first-order valence-corrected chi connectivity index (χ1v) is 4.81. The Kier molecular flexibility index (Phi) is 2.40. The average Bonchev–Trinajstić information content (AvgIpc) is 2.37. The number of rotatable bonds is 1. The standard InChI is InChI=1S/C8H14BN3O3/c9-8-3-15-5(2-13)4(6(8)14)1-12(8)7(10)11/h4-6,13-14H,1-3H2,(H3,10,11)/t4-,5?,6?,8?/m0/s1. The molecule has 0 spiro atoms. The maximum atomic E-state index is 9.98. The third kappa shape index (κ3) is 1.34. The predicted octanol–water partition coefficient (Wildman–Crippen LogP) is -2.57. The zero-order valence-corrected chi connectivity index (χ0v) is 8.26. The van der Waals surface area contributed by atoms with Crippen molar-refractivity contribution < 1.29 is 14.9 Å². The Morgan fingerprint density at radius 3 is 2.93 bits per heavy atom. The van der Waals surface area contributed by atoms with E-state index in [1.165, 1.54) is 4.90 Å². The number of fused-ring (bicyclic) bond motifs is 2. The number of likely N-dealkylation sites (tertiary alicyclic amines) is 1. The molecule has 2 aliphatic rings. The Morgan fingerprint density at radius 1 is 1.73 bits per heavy atom. The summed E-state index contributed by atoms with van der Waals surface area (Å²) in [7, 11) is 5.95. The Morgan fingerprint density at radius 2 is 2.40 bits per heavy atom. The van der Waals surface area contributed by atoms with Gasteiger partial charge in [0, 0.05) is 12.5 Å². The number of guanidine groups is 1. The molecule has 7 heteroatoms. The molecule has 3 unspecified atom stereocenters. The van der Waals surface area contributed by atoms with Crippen LogP contribution < -0.4 is 5.73 Å². The molecule has 0 aromatic heterocycles. The topological polar surface area (TPSA) is 103 Å². The van der Waals surface area contributed by atoms with E-state index in [-0.39, 0.29) is 25.1 Å². The second kappa shape index (κ2) is 3.36. The van der Waals surface area contributed by atoms with E-state index in [4.69, 9.17) is 28.8 Å². The average molecular weight is 211 g/mol.